The molecule has 2 N–H and O–H groups in total. The largest absolute Gasteiger partial charge is 0.426 e. The smallest absolute Gasteiger partial charge is 0.373 e. The number of H-pyrrole nitrogens is 1. The highest BCUT2D eigenvalue weighted by molar-refractivity contribution is 5.96. The Morgan fingerprint density at radius 3 is 2.47 bits per heavy atom. The Morgan fingerprint density at radius 1 is 1.10 bits per heavy atom. The van der Waals surface area contributed by atoms with Gasteiger partial charge in [-0.25, -0.2) is 0 Å². The maximum absolute atomic E-state index is 13.1. The van der Waals surface area contributed by atoms with E-state index in [1.807, 2.05) is 7.05 Å². The highest BCUT2D eigenvalue weighted by Gasteiger charge is 2.57. The summed E-state index contributed by atoms with van der Waals surface area (Å²) < 4.78 is 39.1. The van der Waals surface area contributed by atoms with Crippen molar-refractivity contribution in [2.45, 2.75) is 38.1 Å². The number of aliphatic hydroxyl groups is 1. The number of aromatic amines is 1. The van der Waals surface area contributed by atoms with Gasteiger partial charge in [0.1, 0.15) is 5.56 Å². The molecule has 0 radical (unpaired) electrons. The summed E-state index contributed by atoms with van der Waals surface area (Å²) in [6.45, 7) is 2.54. The van der Waals surface area contributed by atoms with Gasteiger partial charge in [0.15, 0.2) is 0 Å². The molecule has 3 rings (SSSR count). The number of amides is 2. The minimum Gasteiger partial charge on any atom is -0.373 e. The minimum atomic E-state index is -5.11. The molecule has 166 valence electrons. The third kappa shape index (κ3) is 4.08. The number of hydrogen-bond donors (Lipinski definition) is 2. The van der Waals surface area contributed by atoms with Gasteiger partial charge in [0.25, 0.3) is 17.4 Å². The topological polar surface area (TPSA) is 97.0 Å². The maximum atomic E-state index is 13.1. The Kier molecular flexibility index (Phi) is 5.96. The molecule has 11 heteroatoms. The number of carbonyl (C=O) groups is 2. The van der Waals surface area contributed by atoms with Gasteiger partial charge in [-0.1, -0.05) is 0 Å². The summed E-state index contributed by atoms with van der Waals surface area (Å²) in [5, 5.41) is 9.69. The second kappa shape index (κ2) is 8.03. The Morgan fingerprint density at radius 2 is 1.80 bits per heavy atom. The zero-order valence-electron chi connectivity index (χ0n) is 16.9. The number of alkyl halides is 3. The van der Waals surface area contributed by atoms with Gasteiger partial charge >= 0.3 is 6.18 Å². The van der Waals surface area contributed by atoms with E-state index in [4.69, 9.17) is 0 Å². The molecule has 30 heavy (non-hydrogen) atoms. The van der Waals surface area contributed by atoms with Gasteiger partial charge in [-0.05, 0) is 44.5 Å². The van der Waals surface area contributed by atoms with Crippen LogP contribution in [-0.2, 0) is 17.8 Å². The fourth-order valence-electron chi connectivity index (χ4n) is 3.80. The van der Waals surface area contributed by atoms with Gasteiger partial charge in [0.2, 0.25) is 5.60 Å². The number of aromatic nitrogens is 1. The lowest BCUT2D eigenvalue weighted by Gasteiger charge is -2.35. The van der Waals surface area contributed by atoms with Crippen LogP contribution in [0.1, 0.15) is 34.8 Å². The van der Waals surface area contributed by atoms with Crippen LogP contribution in [0.3, 0.4) is 0 Å². The van der Waals surface area contributed by atoms with Crippen LogP contribution in [0.15, 0.2) is 11.0 Å². The molecule has 1 saturated heterocycles. The third-order valence-electron chi connectivity index (χ3n) is 5.76. The van der Waals surface area contributed by atoms with Gasteiger partial charge in [0.05, 0.1) is 0 Å². The van der Waals surface area contributed by atoms with E-state index >= 15 is 0 Å². The molecular formula is C19H25F3N4O4. The van der Waals surface area contributed by atoms with Crippen LogP contribution in [0.2, 0.25) is 0 Å². The van der Waals surface area contributed by atoms with E-state index in [9.17, 15) is 32.7 Å². The molecular weight excluding hydrogens is 405 g/mol. The van der Waals surface area contributed by atoms with Crippen LogP contribution in [0.5, 0.6) is 0 Å². The predicted molar refractivity (Wildman–Crippen MR) is 101 cm³/mol. The summed E-state index contributed by atoms with van der Waals surface area (Å²) in [5.74, 6) is -1.87. The van der Waals surface area contributed by atoms with Crippen molar-refractivity contribution in [2.75, 3.05) is 39.8 Å². The average molecular weight is 430 g/mol. The van der Waals surface area contributed by atoms with Gasteiger partial charge in [-0.3, -0.25) is 14.4 Å². The number of hydrogen-bond acceptors (Lipinski definition) is 5. The van der Waals surface area contributed by atoms with Crippen LogP contribution >= 0.6 is 0 Å². The summed E-state index contributed by atoms with van der Waals surface area (Å²) in [6.07, 6.45) is -2.99. The van der Waals surface area contributed by atoms with Crippen molar-refractivity contribution in [2.24, 2.45) is 0 Å². The molecule has 1 atom stereocenters. The summed E-state index contributed by atoms with van der Waals surface area (Å²) in [4.78, 5) is 44.9. The molecule has 8 nitrogen and oxygen atoms in total. The SMILES string of the molecule is CN1CCCN(C(=O)c2c3c(c[nH]c2=O)CN(C(=O)C(C)(O)C(F)(F)F)CC3)CC1. The number of nitrogens with one attached hydrogen (secondary N) is 1. The molecule has 2 aliphatic rings. The van der Waals surface area contributed by atoms with Gasteiger partial charge < -0.3 is 24.8 Å². The van der Waals surface area contributed by atoms with Crippen molar-refractivity contribution in [3.8, 4) is 0 Å². The molecule has 1 aromatic rings. The van der Waals surface area contributed by atoms with E-state index in [2.05, 4.69) is 9.88 Å². The first-order valence-electron chi connectivity index (χ1n) is 9.73. The zero-order chi connectivity index (χ0) is 22.3. The summed E-state index contributed by atoms with van der Waals surface area (Å²) in [5.41, 5.74) is -3.26. The average Bonchev–Trinajstić information content (AvgIpc) is 2.90. The van der Waals surface area contributed by atoms with Gasteiger partial charge in [0, 0.05) is 38.9 Å². The standard InChI is InChI=1S/C19H25F3N4O4/c1-18(30,19(20,21)22)17(29)26-7-4-13-12(11-26)10-23-15(27)14(13)16(28)25-6-3-5-24(2)8-9-25/h10,30H,3-9,11H2,1-2H3,(H,23,27). The van der Waals surface area contributed by atoms with Crippen LogP contribution in [0, 0.1) is 0 Å². The minimum absolute atomic E-state index is 0.0215. The maximum Gasteiger partial charge on any atom is 0.426 e. The molecule has 2 aliphatic heterocycles. The molecule has 1 unspecified atom stereocenters. The molecule has 2 amide bonds. The molecule has 1 fully saturated rings. The van der Waals surface area contributed by atoms with Crippen LogP contribution in [-0.4, -0.2) is 88.2 Å². The lowest BCUT2D eigenvalue weighted by atomic mass is 9.94. The highest BCUT2D eigenvalue weighted by Crippen LogP contribution is 2.33. The zero-order valence-corrected chi connectivity index (χ0v) is 16.9. The van der Waals surface area contributed by atoms with Crippen LogP contribution in [0.4, 0.5) is 13.2 Å². The molecule has 0 aromatic carbocycles. The number of nitrogens with zero attached hydrogens (tertiary/aromatic N) is 3. The number of rotatable bonds is 2. The predicted octanol–water partition coefficient (Wildman–Crippen LogP) is 0.351. The normalized spacial score (nSPS) is 20.3. The number of pyridine rings is 1. The fourth-order valence-corrected chi connectivity index (χ4v) is 3.80. The van der Waals surface area contributed by atoms with E-state index in [1.54, 1.807) is 4.90 Å². The van der Waals surface area contributed by atoms with E-state index in [1.165, 1.54) is 6.20 Å². The van der Waals surface area contributed by atoms with Crippen molar-refractivity contribution < 1.29 is 27.9 Å². The lowest BCUT2D eigenvalue weighted by Crippen LogP contribution is -2.57. The summed E-state index contributed by atoms with van der Waals surface area (Å²) >= 11 is 0. The van der Waals surface area contributed by atoms with Crippen LogP contribution in [0.25, 0.3) is 0 Å². The van der Waals surface area contributed by atoms with Gasteiger partial charge in [-0.2, -0.15) is 13.2 Å². The van der Waals surface area contributed by atoms with Crippen molar-refractivity contribution >= 4 is 11.8 Å². The van der Waals surface area contributed by atoms with E-state index in [0.29, 0.717) is 37.7 Å². The summed E-state index contributed by atoms with van der Waals surface area (Å²) in [6, 6.07) is 0. The summed E-state index contributed by atoms with van der Waals surface area (Å²) in [7, 11) is 1.95. The monoisotopic (exact) mass is 430 g/mol. The third-order valence-corrected chi connectivity index (χ3v) is 5.76. The second-order valence-corrected chi connectivity index (χ2v) is 7.99. The Labute approximate surface area is 171 Å². The van der Waals surface area contributed by atoms with Crippen molar-refractivity contribution in [3.05, 3.63) is 33.2 Å². The van der Waals surface area contributed by atoms with E-state index in [-0.39, 0.29) is 25.1 Å². The number of fused-ring (bicyclic) bond motifs is 1. The molecule has 0 saturated carbocycles. The number of carbonyl (C=O) groups excluding carboxylic acids is 2. The van der Waals surface area contributed by atoms with Crippen LogP contribution < -0.4 is 5.56 Å². The van der Waals surface area contributed by atoms with Gasteiger partial charge in [-0.15, -0.1) is 0 Å². The Balaban J connectivity index is 1.87. The van der Waals surface area contributed by atoms with Crippen molar-refractivity contribution in [1.82, 2.24) is 19.7 Å². The molecule has 0 spiro atoms. The first kappa shape index (κ1) is 22.3. The first-order chi connectivity index (χ1) is 13.9. The highest BCUT2D eigenvalue weighted by atomic mass is 19.4. The quantitative estimate of drug-likeness (QED) is 0.706. The van der Waals surface area contributed by atoms with E-state index in [0.717, 1.165) is 17.9 Å². The Bertz CT molecular complexity index is 897. The lowest BCUT2D eigenvalue weighted by molar-refractivity contribution is -0.250. The molecule has 0 bridgehead atoms. The Hall–Kier alpha value is -2.40. The first-order valence-corrected chi connectivity index (χ1v) is 9.73. The molecule has 0 aliphatic carbocycles. The van der Waals surface area contributed by atoms with E-state index < -0.39 is 29.2 Å². The van der Waals surface area contributed by atoms with Crippen molar-refractivity contribution in [3.63, 3.8) is 0 Å². The fraction of sp³-hybridized carbons (Fsp3) is 0.632. The number of likely N-dealkylation sites (N-methyl/N-ethyl adjacent to an activating group) is 1. The molecule has 1 aromatic heterocycles. The number of halogens is 3. The van der Waals surface area contributed by atoms with Crippen molar-refractivity contribution in [1.29, 1.82) is 0 Å². The molecule has 3 heterocycles. The second-order valence-electron chi connectivity index (χ2n) is 7.99.